The first kappa shape index (κ1) is 14.2. The quantitative estimate of drug-likeness (QED) is 0.913. The third-order valence-electron chi connectivity index (χ3n) is 3.18. The summed E-state index contributed by atoms with van der Waals surface area (Å²) in [7, 11) is 0. The maximum Gasteiger partial charge on any atom is 0.319 e. The third-order valence-corrected chi connectivity index (χ3v) is 3.18. The SMILES string of the molecule is O=C(NCc1cccnc1)Nc1ccc2c(c1)OCCCO2. The molecule has 0 aliphatic carbocycles. The van der Waals surface area contributed by atoms with Crippen LogP contribution in [0.25, 0.3) is 0 Å². The topological polar surface area (TPSA) is 72.5 Å². The van der Waals surface area contributed by atoms with Gasteiger partial charge in [-0.1, -0.05) is 6.07 Å². The van der Waals surface area contributed by atoms with Crippen molar-refractivity contribution in [2.24, 2.45) is 0 Å². The van der Waals surface area contributed by atoms with E-state index in [1.54, 1.807) is 30.6 Å². The summed E-state index contributed by atoms with van der Waals surface area (Å²) in [6.45, 7) is 1.68. The number of carbonyl (C=O) groups is 1. The van der Waals surface area contributed by atoms with Crippen LogP contribution in [0.15, 0.2) is 42.7 Å². The third kappa shape index (κ3) is 3.66. The second-order valence-corrected chi connectivity index (χ2v) is 4.88. The van der Waals surface area contributed by atoms with E-state index in [1.165, 1.54) is 0 Å². The van der Waals surface area contributed by atoms with Gasteiger partial charge in [0.15, 0.2) is 11.5 Å². The number of amides is 2. The minimum atomic E-state index is -0.279. The lowest BCUT2D eigenvalue weighted by atomic mass is 10.2. The van der Waals surface area contributed by atoms with Crippen LogP contribution in [0.5, 0.6) is 11.5 Å². The molecule has 3 rings (SSSR count). The van der Waals surface area contributed by atoms with Crippen molar-refractivity contribution in [2.75, 3.05) is 18.5 Å². The molecule has 2 N–H and O–H groups in total. The summed E-state index contributed by atoms with van der Waals surface area (Å²) in [6, 6.07) is 8.82. The molecule has 22 heavy (non-hydrogen) atoms. The molecular formula is C16H17N3O3. The van der Waals surface area contributed by atoms with E-state index < -0.39 is 0 Å². The molecule has 0 spiro atoms. The summed E-state index contributed by atoms with van der Waals surface area (Å²) in [5.41, 5.74) is 1.60. The largest absolute Gasteiger partial charge is 0.490 e. The van der Waals surface area contributed by atoms with Crippen LogP contribution in [-0.2, 0) is 6.54 Å². The van der Waals surface area contributed by atoms with E-state index in [1.807, 2.05) is 12.1 Å². The molecule has 2 heterocycles. The highest BCUT2D eigenvalue weighted by Gasteiger charge is 2.11. The average Bonchev–Trinajstić information content (AvgIpc) is 2.79. The van der Waals surface area contributed by atoms with Crippen molar-refractivity contribution < 1.29 is 14.3 Å². The van der Waals surface area contributed by atoms with Crippen molar-refractivity contribution in [3.63, 3.8) is 0 Å². The van der Waals surface area contributed by atoms with E-state index >= 15 is 0 Å². The number of pyridine rings is 1. The lowest BCUT2D eigenvalue weighted by Crippen LogP contribution is -2.28. The van der Waals surface area contributed by atoms with Gasteiger partial charge < -0.3 is 20.1 Å². The van der Waals surface area contributed by atoms with Crippen LogP contribution in [0.3, 0.4) is 0 Å². The highest BCUT2D eigenvalue weighted by atomic mass is 16.5. The number of nitrogens with zero attached hydrogens (tertiary/aromatic N) is 1. The zero-order valence-corrected chi connectivity index (χ0v) is 12.0. The van der Waals surface area contributed by atoms with E-state index in [-0.39, 0.29) is 6.03 Å². The van der Waals surface area contributed by atoms with E-state index in [0.717, 1.165) is 12.0 Å². The van der Waals surface area contributed by atoms with Gasteiger partial charge in [-0.3, -0.25) is 4.98 Å². The molecule has 1 aliphatic rings. The Morgan fingerprint density at radius 1 is 1.18 bits per heavy atom. The number of benzene rings is 1. The summed E-state index contributed by atoms with van der Waals surface area (Å²) >= 11 is 0. The minimum Gasteiger partial charge on any atom is -0.490 e. The number of urea groups is 1. The summed E-state index contributed by atoms with van der Waals surface area (Å²) in [5.74, 6) is 1.36. The molecule has 0 radical (unpaired) electrons. The van der Waals surface area contributed by atoms with Gasteiger partial charge in [-0.05, 0) is 23.8 Å². The molecule has 0 atom stereocenters. The molecule has 0 bridgehead atoms. The fraction of sp³-hybridized carbons (Fsp3) is 0.250. The van der Waals surface area contributed by atoms with Gasteiger partial charge in [-0.2, -0.15) is 0 Å². The van der Waals surface area contributed by atoms with Crippen molar-refractivity contribution in [1.82, 2.24) is 10.3 Å². The zero-order valence-electron chi connectivity index (χ0n) is 12.0. The first-order valence-electron chi connectivity index (χ1n) is 7.15. The first-order chi connectivity index (χ1) is 10.8. The van der Waals surface area contributed by atoms with Crippen LogP contribution in [-0.4, -0.2) is 24.2 Å². The van der Waals surface area contributed by atoms with Crippen LogP contribution in [0.1, 0.15) is 12.0 Å². The molecule has 1 aromatic heterocycles. The van der Waals surface area contributed by atoms with Crippen LogP contribution in [0, 0.1) is 0 Å². The van der Waals surface area contributed by atoms with Crippen molar-refractivity contribution in [1.29, 1.82) is 0 Å². The normalized spacial score (nSPS) is 13.1. The van der Waals surface area contributed by atoms with Gasteiger partial charge in [-0.25, -0.2) is 4.79 Å². The van der Waals surface area contributed by atoms with Gasteiger partial charge in [0.25, 0.3) is 0 Å². The Balaban J connectivity index is 1.58. The molecule has 2 amide bonds. The van der Waals surface area contributed by atoms with Crippen LogP contribution in [0.4, 0.5) is 10.5 Å². The second-order valence-electron chi connectivity index (χ2n) is 4.88. The highest BCUT2D eigenvalue weighted by molar-refractivity contribution is 5.89. The molecule has 6 heteroatoms. The molecule has 0 saturated carbocycles. The summed E-state index contributed by atoms with van der Waals surface area (Å²) in [5, 5.41) is 5.55. The van der Waals surface area contributed by atoms with E-state index in [4.69, 9.17) is 9.47 Å². The van der Waals surface area contributed by atoms with Crippen molar-refractivity contribution in [3.05, 3.63) is 48.3 Å². The Morgan fingerprint density at radius 2 is 2.05 bits per heavy atom. The Kier molecular flexibility index (Phi) is 4.38. The number of ether oxygens (including phenoxy) is 2. The van der Waals surface area contributed by atoms with Gasteiger partial charge >= 0.3 is 6.03 Å². The summed E-state index contributed by atoms with van der Waals surface area (Å²) in [6.07, 6.45) is 4.26. The first-order valence-corrected chi connectivity index (χ1v) is 7.15. The Labute approximate surface area is 128 Å². The highest BCUT2D eigenvalue weighted by Crippen LogP contribution is 2.32. The van der Waals surface area contributed by atoms with Crippen molar-refractivity contribution in [2.45, 2.75) is 13.0 Å². The van der Waals surface area contributed by atoms with Crippen molar-refractivity contribution >= 4 is 11.7 Å². The Bertz CT molecular complexity index is 646. The van der Waals surface area contributed by atoms with Gasteiger partial charge in [0.1, 0.15) is 0 Å². The molecule has 0 saturated heterocycles. The number of anilines is 1. The maximum atomic E-state index is 11.9. The van der Waals surface area contributed by atoms with Gasteiger partial charge in [0, 0.05) is 37.1 Å². The molecule has 2 aromatic rings. The number of hydrogen-bond acceptors (Lipinski definition) is 4. The number of rotatable bonds is 3. The molecule has 114 valence electrons. The average molecular weight is 299 g/mol. The lowest BCUT2D eigenvalue weighted by Gasteiger charge is -2.11. The Morgan fingerprint density at radius 3 is 2.86 bits per heavy atom. The summed E-state index contributed by atoms with van der Waals surface area (Å²) in [4.78, 5) is 15.9. The second kappa shape index (κ2) is 6.80. The molecule has 1 aromatic carbocycles. The van der Waals surface area contributed by atoms with Gasteiger partial charge in [0.2, 0.25) is 0 Å². The lowest BCUT2D eigenvalue weighted by molar-refractivity contribution is 0.251. The zero-order chi connectivity index (χ0) is 15.2. The number of nitrogens with one attached hydrogen (secondary N) is 2. The van der Waals surface area contributed by atoms with E-state index in [2.05, 4.69) is 15.6 Å². The Hall–Kier alpha value is -2.76. The smallest absolute Gasteiger partial charge is 0.319 e. The van der Waals surface area contributed by atoms with E-state index in [0.29, 0.717) is 36.9 Å². The monoisotopic (exact) mass is 299 g/mol. The van der Waals surface area contributed by atoms with Gasteiger partial charge in [0.05, 0.1) is 13.2 Å². The van der Waals surface area contributed by atoms with Crippen molar-refractivity contribution in [3.8, 4) is 11.5 Å². The molecule has 0 fully saturated rings. The number of fused-ring (bicyclic) bond motifs is 1. The van der Waals surface area contributed by atoms with Crippen LogP contribution >= 0.6 is 0 Å². The standard InChI is InChI=1S/C16H17N3O3/c20-16(18-11-12-3-1-6-17-10-12)19-13-4-5-14-15(9-13)22-8-2-7-21-14/h1,3-6,9-10H,2,7-8,11H2,(H2,18,19,20). The minimum absolute atomic E-state index is 0.279. The molecule has 1 aliphatic heterocycles. The maximum absolute atomic E-state index is 11.9. The van der Waals surface area contributed by atoms with Crippen LogP contribution < -0.4 is 20.1 Å². The fourth-order valence-electron chi connectivity index (χ4n) is 2.10. The number of carbonyl (C=O) groups excluding carboxylic acids is 1. The predicted molar refractivity (Wildman–Crippen MR) is 82.1 cm³/mol. The van der Waals surface area contributed by atoms with Gasteiger partial charge in [-0.15, -0.1) is 0 Å². The fourth-order valence-corrected chi connectivity index (χ4v) is 2.10. The molecular weight excluding hydrogens is 282 g/mol. The predicted octanol–water partition coefficient (Wildman–Crippen LogP) is 2.56. The number of hydrogen-bond donors (Lipinski definition) is 2. The molecule has 0 unspecified atom stereocenters. The number of aromatic nitrogens is 1. The molecule has 6 nitrogen and oxygen atoms in total. The van der Waals surface area contributed by atoms with E-state index in [9.17, 15) is 4.79 Å². The van der Waals surface area contributed by atoms with Crippen LogP contribution in [0.2, 0.25) is 0 Å². The summed E-state index contributed by atoms with van der Waals surface area (Å²) < 4.78 is 11.1.